The first-order chi connectivity index (χ1) is 8.65. The van der Waals surface area contributed by atoms with Crippen LogP contribution in [-0.2, 0) is 10.5 Å². The van der Waals surface area contributed by atoms with Gasteiger partial charge in [-0.3, -0.25) is 4.79 Å². The Balaban J connectivity index is 2.27. The van der Waals surface area contributed by atoms with Crippen molar-refractivity contribution >= 4 is 17.7 Å². The zero-order valence-electron chi connectivity index (χ0n) is 11.0. The summed E-state index contributed by atoms with van der Waals surface area (Å²) < 4.78 is 0. The van der Waals surface area contributed by atoms with Crippen LogP contribution in [0.2, 0.25) is 0 Å². The Morgan fingerprint density at radius 2 is 2.28 bits per heavy atom. The van der Waals surface area contributed by atoms with Crippen LogP contribution in [0.5, 0.6) is 0 Å². The molecular formula is C14H21NO2S. The van der Waals surface area contributed by atoms with Gasteiger partial charge in [0.05, 0.1) is 18.4 Å². The second kappa shape index (κ2) is 8.16. The molecule has 0 saturated carbocycles. The van der Waals surface area contributed by atoms with E-state index in [9.17, 15) is 4.79 Å². The molecule has 0 saturated heterocycles. The second-order valence-corrected chi connectivity index (χ2v) is 5.32. The van der Waals surface area contributed by atoms with Gasteiger partial charge < -0.3 is 10.4 Å². The van der Waals surface area contributed by atoms with Crippen LogP contribution in [0.15, 0.2) is 24.3 Å². The van der Waals surface area contributed by atoms with E-state index in [0.717, 1.165) is 12.2 Å². The Morgan fingerprint density at radius 1 is 1.50 bits per heavy atom. The Labute approximate surface area is 113 Å². The average Bonchev–Trinajstić information content (AvgIpc) is 2.36. The van der Waals surface area contributed by atoms with Crippen LogP contribution >= 0.6 is 11.8 Å². The molecule has 0 aliphatic rings. The number of aliphatic hydroxyl groups is 1. The Hall–Kier alpha value is -1.00. The molecule has 1 aromatic carbocycles. The van der Waals surface area contributed by atoms with E-state index in [0.29, 0.717) is 5.75 Å². The van der Waals surface area contributed by atoms with Crippen LogP contribution in [0.3, 0.4) is 0 Å². The van der Waals surface area contributed by atoms with Crippen molar-refractivity contribution in [2.75, 3.05) is 12.4 Å². The molecule has 0 bridgehead atoms. The summed E-state index contributed by atoms with van der Waals surface area (Å²) in [5, 5.41) is 11.8. The zero-order valence-corrected chi connectivity index (χ0v) is 11.8. The molecule has 1 aromatic rings. The molecule has 3 nitrogen and oxygen atoms in total. The Morgan fingerprint density at radius 3 is 2.89 bits per heavy atom. The number of rotatable bonds is 7. The van der Waals surface area contributed by atoms with Crippen LogP contribution in [0, 0.1) is 6.92 Å². The lowest BCUT2D eigenvalue weighted by Gasteiger charge is -2.13. The van der Waals surface area contributed by atoms with Gasteiger partial charge in [0, 0.05) is 5.75 Å². The molecule has 0 aliphatic heterocycles. The highest BCUT2D eigenvalue weighted by Crippen LogP contribution is 2.13. The van der Waals surface area contributed by atoms with E-state index < -0.39 is 0 Å². The largest absolute Gasteiger partial charge is 0.394 e. The van der Waals surface area contributed by atoms with Gasteiger partial charge in [-0.1, -0.05) is 36.8 Å². The topological polar surface area (TPSA) is 49.3 Å². The summed E-state index contributed by atoms with van der Waals surface area (Å²) in [4.78, 5) is 11.6. The summed E-state index contributed by atoms with van der Waals surface area (Å²) >= 11 is 1.59. The van der Waals surface area contributed by atoms with E-state index >= 15 is 0 Å². The van der Waals surface area contributed by atoms with Crippen molar-refractivity contribution in [1.82, 2.24) is 5.32 Å². The fourth-order valence-corrected chi connectivity index (χ4v) is 2.40. The minimum Gasteiger partial charge on any atom is -0.394 e. The first-order valence-corrected chi connectivity index (χ1v) is 7.34. The number of aliphatic hydroxyl groups excluding tert-OH is 1. The van der Waals surface area contributed by atoms with Gasteiger partial charge in [-0.25, -0.2) is 0 Å². The number of hydrogen-bond acceptors (Lipinski definition) is 3. The number of aryl methyl sites for hydroxylation is 1. The lowest BCUT2D eigenvalue weighted by atomic mass is 10.2. The van der Waals surface area contributed by atoms with Crippen molar-refractivity contribution in [2.45, 2.75) is 32.1 Å². The molecule has 100 valence electrons. The van der Waals surface area contributed by atoms with Gasteiger partial charge in [0.25, 0.3) is 0 Å². The van der Waals surface area contributed by atoms with Crippen LogP contribution in [0.25, 0.3) is 0 Å². The molecular weight excluding hydrogens is 246 g/mol. The normalized spacial score (nSPS) is 12.2. The third-order valence-electron chi connectivity index (χ3n) is 2.66. The van der Waals surface area contributed by atoms with Gasteiger partial charge in [0.1, 0.15) is 0 Å². The number of carbonyl (C=O) groups is 1. The summed E-state index contributed by atoms with van der Waals surface area (Å²) in [5.41, 5.74) is 2.48. The molecule has 0 radical (unpaired) electrons. The molecule has 0 spiro atoms. The SMILES string of the molecule is CC[C@@H](CO)NC(=O)CSCc1cccc(C)c1. The van der Waals surface area contributed by atoms with E-state index in [4.69, 9.17) is 5.11 Å². The van der Waals surface area contributed by atoms with Crippen LogP contribution in [0.4, 0.5) is 0 Å². The van der Waals surface area contributed by atoms with Crippen LogP contribution < -0.4 is 5.32 Å². The molecule has 0 fully saturated rings. The van der Waals surface area contributed by atoms with Crippen molar-refractivity contribution in [3.8, 4) is 0 Å². The van der Waals surface area contributed by atoms with Gasteiger partial charge in [-0.15, -0.1) is 11.8 Å². The molecule has 0 aliphatic carbocycles. The lowest BCUT2D eigenvalue weighted by Crippen LogP contribution is -2.37. The Kier molecular flexibility index (Phi) is 6.83. The van der Waals surface area contributed by atoms with E-state index in [1.54, 1.807) is 11.8 Å². The predicted octanol–water partition coefficient (Wildman–Crippen LogP) is 2.12. The number of amides is 1. The molecule has 2 N–H and O–H groups in total. The van der Waals surface area contributed by atoms with Gasteiger partial charge in [0.15, 0.2) is 0 Å². The van der Waals surface area contributed by atoms with Gasteiger partial charge >= 0.3 is 0 Å². The maximum atomic E-state index is 11.6. The smallest absolute Gasteiger partial charge is 0.230 e. The quantitative estimate of drug-likeness (QED) is 0.795. The van der Waals surface area contributed by atoms with Gasteiger partial charge in [0.2, 0.25) is 5.91 Å². The third-order valence-corrected chi connectivity index (χ3v) is 3.67. The van der Waals surface area contributed by atoms with E-state index in [1.807, 2.05) is 13.0 Å². The van der Waals surface area contributed by atoms with Crippen molar-refractivity contribution in [1.29, 1.82) is 0 Å². The van der Waals surface area contributed by atoms with Crippen LogP contribution in [-0.4, -0.2) is 29.4 Å². The van der Waals surface area contributed by atoms with Gasteiger partial charge in [-0.2, -0.15) is 0 Å². The second-order valence-electron chi connectivity index (χ2n) is 4.34. The molecule has 0 heterocycles. The maximum absolute atomic E-state index is 11.6. The third kappa shape index (κ3) is 5.56. The summed E-state index contributed by atoms with van der Waals surface area (Å²) in [7, 11) is 0. The molecule has 0 unspecified atom stereocenters. The molecule has 1 rings (SSSR count). The molecule has 0 aromatic heterocycles. The van der Waals surface area contributed by atoms with E-state index in [1.165, 1.54) is 11.1 Å². The molecule has 18 heavy (non-hydrogen) atoms. The van der Waals surface area contributed by atoms with Crippen molar-refractivity contribution in [2.24, 2.45) is 0 Å². The van der Waals surface area contributed by atoms with Crippen molar-refractivity contribution in [3.63, 3.8) is 0 Å². The number of thioether (sulfide) groups is 1. The first-order valence-electron chi connectivity index (χ1n) is 6.19. The maximum Gasteiger partial charge on any atom is 0.230 e. The van der Waals surface area contributed by atoms with Crippen molar-refractivity contribution < 1.29 is 9.90 Å². The first kappa shape index (κ1) is 15.1. The lowest BCUT2D eigenvalue weighted by molar-refractivity contribution is -0.119. The van der Waals surface area contributed by atoms with Crippen LogP contribution in [0.1, 0.15) is 24.5 Å². The summed E-state index contributed by atoms with van der Waals surface area (Å²) in [6, 6.07) is 8.18. The highest BCUT2D eigenvalue weighted by molar-refractivity contribution is 7.99. The minimum atomic E-state index is -0.114. The molecule has 1 atom stereocenters. The Bertz CT molecular complexity index is 378. The highest BCUT2D eigenvalue weighted by atomic mass is 32.2. The highest BCUT2D eigenvalue weighted by Gasteiger charge is 2.08. The predicted molar refractivity (Wildman–Crippen MR) is 76.6 cm³/mol. The van der Waals surface area contributed by atoms with E-state index in [2.05, 4.69) is 30.4 Å². The number of carbonyl (C=O) groups excluding carboxylic acids is 1. The van der Waals surface area contributed by atoms with E-state index in [-0.39, 0.29) is 18.6 Å². The van der Waals surface area contributed by atoms with Gasteiger partial charge in [-0.05, 0) is 18.9 Å². The number of hydrogen-bond donors (Lipinski definition) is 2. The minimum absolute atomic E-state index is 0.00475. The zero-order chi connectivity index (χ0) is 13.4. The number of benzene rings is 1. The molecule has 1 amide bonds. The monoisotopic (exact) mass is 267 g/mol. The standard InChI is InChI=1S/C14H21NO2S/c1-3-13(8-16)15-14(17)10-18-9-12-6-4-5-11(2)7-12/h4-7,13,16H,3,8-10H2,1-2H3,(H,15,17)/t13-/m0/s1. The molecule has 4 heteroatoms. The summed E-state index contributed by atoms with van der Waals surface area (Å²) in [5.74, 6) is 1.27. The number of nitrogens with one attached hydrogen (secondary N) is 1. The fraction of sp³-hybridized carbons (Fsp3) is 0.500. The fourth-order valence-electron chi connectivity index (χ4n) is 1.61. The summed E-state index contributed by atoms with van der Waals surface area (Å²) in [6.07, 6.45) is 0.755. The van der Waals surface area contributed by atoms with Crippen molar-refractivity contribution in [3.05, 3.63) is 35.4 Å². The summed E-state index contributed by atoms with van der Waals surface area (Å²) in [6.45, 7) is 4.01. The average molecular weight is 267 g/mol.